The summed E-state index contributed by atoms with van der Waals surface area (Å²) >= 11 is 0. The van der Waals surface area contributed by atoms with E-state index >= 15 is 0 Å². The largest absolute Gasteiger partial charge is 0.508 e. The normalized spacial score (nSPS) is 12.0. The van der Waals surface area contributed by atoms with Gasteiger partial charge in [0.2, 0.25) is 0 Å². The zero-order valence-electron chi connectivity index (χ0n) is 18.5. The number of carboxylic acid groups (broad SMARTS) is 1. The maximum absolute atomic E-state index is 13.1. The van der Waals surface area contributed by atoms with E-state index in [1.807, 2.05) is 0 Å². The van der Waals surface area contributed by atoms with Crippen molar-refractivity contribution in [2.24, 2.45) is 16.5 Å². The third-order valence-corrected chi connectivity index (χ3v) is 5.02. The van der Waals surface area contributed by atoms with Gasteiger partial charge < -0.3 is 27.0 Å². The van der Waals surface area contributed by atoms with Crippen LogP contribution in [-0.4, -0.2) is 40.4 Å². The van der Waals surface area contributed by atoms with Crippen LogP contribution in [0.25, 0.3) is 0 Å². The number of guanidine groups is 1. The summed E-state index contributed by atoms with van der Waals surface area (Å²) in [7, 11) is 0. The number of aromatic hydroxyl groups is 1. The van der Waals surface area contributed by atoms with Crippen LogP contribution in [0.5, 0.6) is 5.75 Å². The summed E-state index contributed by atoms with van der Waals surface area (Å²) in [6.07, 6.45) is -4.43. The van der Waals surface area contributed by atoms with E-state index in [-0.39, 0.29) is 36.3 Å². The highest BCUT2D eigenvalue weighted by Crippen LogP contribution is 2.33. The number of nitrogens with two attached hydrogens (primary N) is 2. The van der Waals surface area contributed by atoms with Crippen molar-refractivity contribution in [3.8, 4) is 5.75 Å². The quantitative estimate of drug-likeness (QED) is 0.236. The summed E-state index contributed by atoms with van der Waals surface area (Å²) in [6, 6.07) is 8.67. The summed E-state index contributed by atoms with van der Waals surface area (Å²) in [5, 5.41) is 21.4. The van der Waals surface area contributed by atoms with Gasteiger partial charge in [-0.25, -0.2) is 4.99 Å². The fourth-order valence-electron chi connectivity index (χ4n) is 3.45. The molecule has 0 aromatic heterocycles. The minimum atomic E-state index is -4.75. The number of nitrogens with one attached hydrogen (secondary N) is 1. The number of carbonyl (C=O) groups excluding carboxylic acids is 2. The van der Waals surface area contributed by atoms with Crippen molar-refractivity contribution in [2.45, 2.75) is 37.8 Å². The molecule has 1 unspecified atom stereocenters. The van der Waals surface area contributed by atoms with Crippen LogP contribution >= 0.6 is 0 Å². The summed E-state index contributed by atoms with van der Waals surface area (Å²) in [5.41, 5.74) is 9.07. The lowest BCUT2D eigenvalue weighted by Crippen LogP contribution is -2.29. The van der Waals surface area contributed by atoms with Crippen LogP contribution in [0.4, 0.5) is 18.9 Å². The second-order valence-electron chi connectivity index (χ2n) is 7.77. The van der Waals surface area contributed by atoms with Gasteiger partial charge in [-0.3, -0.25) is 14.4 Å². The van der Waals surface area contributed by atoms with E-state index in [0.29, 0.717) is 24.1 Å². The summed E-state index contributed by atoms with van der Waals surface area (Å²) in [5.74, 6) is -3.43. The van der Waals surface area contributed by atoms with E-state index in [2.05, 4.69) is 10.3 Å². The molecule has 2 rings (SSSR count). The Bertz CT molecular complexity index is 1110. The maximum atomic E-state index is 13.1. The van der Waals surface area contributed by atoms with Gasteiger partial charge in [0.1, 0.15) is 5.75 Å². The molecule has 2 aromatic carbocycles. The minimum Gasteiger partial charge on any atom is -0.508 e. The van der Waals surface area contributed by atoms with Gasteiger partial charge in [-0.15, -0.1) is 0 Å². The first kappa shape index (κ1) is 27.2. The van der Waals surface area contributed by atoms with Crippen LogP contribution in [0.2, 0.25) is 0 Å². The molecule has 0 aliphatic carbocycles. The van der Waals surface area contributed by atoms with Crippen molar-refractivity contribution in [1.82, 2.24) is 5.32 Å². The van der Waals surface area contributed by atoms with Crippen LogP contribution < -0.4 is 16.8 Å². The monoisotopic (exact) mass is 494 g/mol. The van der Waals surface area contributed by atoms with Crippen LogP contribution in [0.3, 0.4) is 0 Å². The molecule has 12 heteroatoms. The number of benzene rings is 2. The number of alkyl halides is 3. The molecule has 188 valence electrons. The molecule has 0 bridgehead atoms. The number of rotatable bonds is 11. The van der Waals surface area contributed by atoms with Crippen molar-refractivity contribution in [3.63, 3.8) is 0 Å². The van der Waals surface area contributed by atoms with Crippen LogP contribution in [0, 0.1) is 0 Å². The Hall–Kier alpha value is -4.09. The van der Waals surface area contributed by atoms with Gasteiger partial charge in [0, 0.05) is 12.0 Å². The first-order valence-corrected chi connectivity index (χ1v) is 10.5. The van der Waals surface area contributed by atoms with E-state index < -0.39 is 47.8 Å². The minimum absolute atomic E-state index is 0.00810. The molecule has 9 nitrogen and oxygen atoms in total. The third-order valence-electron chi connectivity index (χ3n) is 5.02. The topological polar surface area (TPSA) is 168 Å². The maximum Gasteiger partial charge on any atom is 0.416 e. The number of carbonyl (C=O) groups is 3. The standard InChI is InChI=1S/C23H25F3N4O5/c24-23(25,26)15-8-14(9-16(11-15)30-22(27)28)21(35)29-12-17(31)5-3-4-13(10-20(33)34)18-6-1-2-7-19(18)32/h1-2,6-9,11,13,32H,3-5,10,12H2,(H,29,35)(H,33,34)(H4,27,28,30). The fourth-order valence-corrected chi connectivity index (χ4v) is 3.45. The Balaban J connectivity index is 1.98. The number of nitrogens with zero attached hydrogens (tertiary/aromatic N) is 1. The number of Topliss-reactive ketones (excluding diaryl/α,β-unsaturated/α-hetero) is 1. The smallest absolute Gasteiger partial charge is 0.416 e. The number of phenols is 1. The van der Waals surface area contributed by atoms with Crippen molar-refractivity contribution >= 4 is 29.3 Å². The van der Waals surface area contributed by atoms with Gasteiger partial charge in [-0.2, -0.15) is 13.2 Å². The van der Waals surface area contributed by atoms with Crippen molar-refractivity contribution in [1.29, 1.82) is 0 Å². The Labute approximate surface area is 198 Å². The molecular formula is C23H25F3N4O5. The molecule has 0 heterocycles. The van der Waals surface area contributed by atoms with Crippen molar-refractivity contribution < 1.29 is 37.8 Å². The van der Waals surface area contributed by atoms with Crippen LogP contribution in [0.1, 0.15) is 53.1 Å². The first-order valence-electron chi connectivity index (χ1n) is 10.5. The molecule has 0 spiro atoms. The predicted octanol–water partition coefficient (Wildman–Crippen LogP) is 3.04. The van der Waals surface area contributed by atoms with Crippen molar-refractivity contribution in [3.05, 3.63) is 59.2 Å². The predicted molar refractivity (Wildman–Crippen MR) is 121 cm³/mol. The fraction of sp³-hybridized carbons (Fsp3) is 0.304. The number of aliphatic carboxylic acids is 1. The molecule has 7 N–H and O–H groups in total. The molecule has 0 aliphatic rings. The summed E-state index contributed by atoms with van der Waals surface area (Å²) in [6.45, 7) is -0.438. The highest BCUT2D eigenvalue weighted by Gasteiger charge is 2.32. The van der Waals surface area contributed by atoms with E-state index in [1.165, 1.54) is 6.07 Å². The van der Waals surface area contributed by atoms with Crippen molar-refractivity contribution in [2.75, 3.05) is 6.54 Å². The van der Waals surface area contributed by atoms with Gasteiger partial charge in [0.15, 0.2) is 11.7 Å². The molecule has 0 radical (unpaired) electrons. The Kier molecular flexibility index (Phi) is 9.20. The average Bonchev–Trinajstić information content (AvgIpc) is 2.75. The summed E-state index contributed by atoms with van der Waals surface area (Å²) < 4.78 is 39.4. The van der Waals surface area contributed by atoms with E-state index in [0.717, 1.165) is 6.07 Å². The molecule has 0 aliphatic heterocycles. The number of carboxylic acids is 1. The highest BCUT2D eigenvalue weighted by atomic mass is 19.4. The lowest BCUT2D eigenvalue weighted by Gasteiger charge is -2.16. The molecule has 35 heavy (non-hydrogen) atoms. The number of hydrogen-bond donors (Lipinski definition) is 5. The second-order valence-corrected chi connectivity index (χ2v) is 7.77. The Morgan fingerprint density at radius 3 is 2.37 bits per heavy atom. The number of aliphatic imine (C=N–C) groups is 1. The second kappa shape index (κ2) is 11.9. The average molecular weight is 494 g/mol. The first-order chi connectivity index (χ1) is 16.4. The van der Waals surface area contributed by atoms with Gasteiger partial charge in [-0.05, 0) is 48.6 Å². The van der Waals surface area contributed by atoms with Crippen LogP contribution in [-0.2, 0) is 15.8 Å². The lowest BCUT2D eigenvalue weighted by molar-refractivity contribution is -0.138. The molecular weight excluding hydrogens is 469 g/mol. The number of ketones is 1. The van der Waals surface area contributed by atoms with E-state index in [9.17, 15) is 32.7 Å². The molecule has 1 amide bonds. The number of halogens is 3. The van der Waals surface area contributed by atoms with Gasteiger partial charge in [0.25, 0.3) is 5.91 Å². The van der Waals surface area contributed by atoms with E-state index in [4.69, 9.17) is 16.6 Å². The molecule has 1 atom stereocenters. The zero-order chi connectivity index (χ0) is 26.2. The van der Waals surface area contributed by atoms with Gasteiger partial charge in [-0.1, -0.05) is 18.2 Å². The third kappa shape index (κ3) is 8.65. The number of hydrogen-bond acceptors (Lipinski definition) is 5. The molecule has 2 aromatic rings. The van der Waals surface area contributed by atoms with E-state index in [1.54, 1.807) is 18.2 Å². The van der Waals surface area contributed by atoms with Gasteiger partial charge in [0.05, 0.1) is 24.2 Å². The summed E-state index contributed by atoms with van der Waals surface area (Å²) in [4.78, 5) is 39.3. The SMILES string of the molecule is NC(N)=Nc1cc(C(=O)NCC(=O)CCCC(CC(=O)O)c2ccccc2O)cc(C(F)(F)F)c1. The van der Waals surface area contributed by atoms with Crippen LogP contribution in [0.15, 0.2) is 47.5 Å². The number of para-hydroxylation sites is 1. The zero-order valence-corrected chi connectivity index (χ0v) is 18.5. The molecule has 0 saturated carbocycles. The molecule has 0 saturated heterocycles. The lowest BCUT2D eigenvalue weighted by atomic mass is 9.89. The number of phenolic OH excluding ortho intramolecular Hbond substituents is 1. The highest BCUT2D eigenvalue weighted by molar-refractivity contribution is 5.97. The molecule has 0 fully saturated rings. The Morgan fingerprint density at radius 1 is 1.09 bits per heavy atom. The number of amides is 1. The van der Waals surface area contributed by atoms with Gasteiger partial charge >= 0.3 is 12.1 Å². The Morgan fingerprint density at radius 2 is 1.77 bits per heavy atom.